The van der Waals surface area contributed by atoms with Gasteiger partial charge in [0.05, 0.1) is 26.4 Å². The molecule has 5 atom stereocenters. The highest BCUT2D eigenvalue weighted by Gasteiger charge is 2.29. The lowest BCUT2D eigenvalue weighted by atomic mass is 10.0. The Labute approximate surface area is 703 Å². The highest BCUT2D eigenvalue weighted by atomic mass is 31.2. The molecule has 0 aromatic carbocycles. The molecule has 0 aliphatic heterocycles. The van der Waals surface area contributed by atoms with Crippen LogP contribution in [0.2, 0.25) is 0 Å². The minimum atomic E-state index is -4.94. The van der Waals surface area contributed by atoms with Crippen molar-refractivity contribution in [1.82, 2.24) is 0 Å². The summed E-state index contributed by atoms with van der Waals surface area (Å²) in [5.41, 5.74) is 0. The standard InChI is InChI=1S/C97H170O16P2/c1-4-7-10-13-16-19-22-25-28-31-33-35-37-39-41-43-45-47-49-51-53-55-57-60-62-65-68-71-74-77-80-83-95(100)107-86-92(98)87-109-114(103,104)110-88-93(99)89-111-115(105,106)112-91-94(113-97(102)85-82-79-76-73-70-67-64-59-30-27-24-21-18-15-12-9-6-3)90-108-96(101)84-81-78-75-72-69-66-63-61-58-56-54-52-50-48-46-44-42-40-38-36-34-32-29-26-23-20-17-14-11-8-5-2/h9,12,16-21,25-30,33-36,39-42,92-94,98-99H,4-8,10-11,13-15,22-24,31-32,37-38,43-91H2,1-3H3,(H,103,104)(H,105,106)/b12-9-,19-16-,20-17-,21-18-,28-25-,29-26-,30-27-,35-33-,36-34-,41-39-,42-40-. The van der Waals surface area contributed by atoms with Crippen LogP contribution in [0, 0.1) is 0 Å². The number of allylic oxidation sites excluding steroid dienone is 22. The number of aliphatic hydroxyl groups excluding tert-OH is 2. The highest BCUT2D eigenvalue weighted by Crippen LogP contribution is 2.45. The molecule has 16 nitrogen and oxygen atoms in total. The summed E-state index contributed by atoms with van der Waals surface area (Å²) in [6.45, 7) is 2.56. The van der Waals surface area contributed by atoms with E-state index in [1.54, 1.807) is 0 Å². The van der Waals surface area contributed by atoms with Crippen molar-refractivity contribution in [3.8, 4) is 0 Å². The quantitative estimate of drug-likeness (QED) is 0.0146. The Morgan fingerprint density at radius 2 is 0.461 bits per heavy atom. The van der Waals surface area contributed by atoms with Crippen molar-refractivity contribution < 1.29 is 75.8 Å². The van der Waals surface area contributed by atoms with E-state index in [1.165, 1.54) is 205 Å². The van der Waals surface area contributed by atoms with Gasteiger partial charge in [-0.05, 0) is 141 Å². The third kappa shape index (κ3) is 90.3. The number of hydrogen-bond acceptors (Lipinski definition) is 14. The fourth-order valence-corrected chi connectivity index (χ4v) is 14.4. The van der Waals surface area contributed by atoms with E-state index in [0.717, 1.165) is 141 Å². The van der Waals surface area contributed by atoms with Gasteiger partial charge in [-0.15, -0.1) is 0 Å². The number of ether oxygens (including phenoxy) is 3. The zero-order valence-corrected chi connectivity index (χ0v) is 75.0. The Kier molecular flexibility index (Phi) is 85.6. The van der Waals surface area contributed by atoms with Crippen molar-refractivity contribution in [1.29, 1.82) is 0 Å². The molecule has 4 N–H and O–H groups in total. The lowest BCUT2D eigenvalue weighted by Crippen LogP contribution is -2.30. The molecule has 0 saturated carbocycles. The largest absolute Gasteiger partial charge is 0.472 e. The van der Waals surface area contributed by atoms with Crippen molar-refractivity contribution >= 4 is 33.6 Å². The minimum absolute atomic E-state index is 0.0927. The molecule has 0 amide bonds. The smallest absolute Gasteiger partial charge is 0.463 e. The van der Waals surface area contributed by atoms with E-state index in [1.807, 2.05) is 0 Å². The summed E-state index contributed by atoms with van der Waals surface area (Å²) in [5.74, 6) is -1.57. The molecule has 0 rings (SSSR count). The van der Waals surface area contributed by atoms with Crippen LogP contribution in [0.5, 0.6) is 0 Å². The first kappa shape index (κ1) is 111. The maximum Gasteiger partial charge on any atom is 0.472 e. The van der Waals surface area contributed by atoms with E-state index in [2.05, 4.69) is 154 Å². The molecule has 0 aliphatic rings. The Balaban J connectivity index is 4.50. The van der Waals surface area contributed by atoms with Crippen LogP contribution >= 0.6 is 15.6 Å². The van der Waals surface area contributed by atoms with Gasteiger partial charge in [0.25, 0.3) is 0 Å². The van der Waals surface area contributed by atoms with Gasteiger partial charge in [0.1, 0.15) is 25.4 Å². The van der Waals surface area contributed by atoms with E-state index in [4.69, 9.17) is 32.3 Å². The maximum absolute atomic E-state index is 13.0. The van der Waals surface area contributed by atoms with Crippen molar-refractivity contribution in [2.24, 2.45) is 0 Å². The fraction of sp³-hybridized carbons (Fsp3) is 0.742. The van der Waals surface area contributed by atoms with Crippen molar-refractivity contribution in [3.63, 3.8) is 0 Å². The van der Waals surface area contributed by atoms with E-state index in [0.29, 0.717) is 19.3 Å². The second kappa shape index (κ2) is 89.0. The lowest BCUT2D eigenvalue weighted by Gasteiger charge is -2.21. The van der Waals surface area contributed by atoms with Crippen LogP contribution in [0.1, 0.15) is 406 Å². The van der Waals surface area contributed by atoms with Gasteiger partial charge in [0.2, 0.25) is 0 Å². The number of rotatable bonds is 88. The molecule has 664 valence electrons. The maximum atomic E-state index is 13.0. The van der Waals surface area contributed by atoms with Crippen molar-refractivity contribution in [2.75, 3.05) is 39.6 Å². The van der Waals surface area contributed by atoms with E-state index in [9.17, 15) is 43.5 Å². The summed E-state index contributed by atoms with van der Waals surface area (Å²) in [6, 6.07) is 0. The van der Waals surface area contributed by atoms with Gasteiger partial charge in [-0.2, -0.15) is 0 Å². The van der Waals surface area contributed by atoms with Crippen molar-refractivity contribution in [2.45, 2.75) is 424 Å². The number of esters is 3. The third-order valence-electron chi connectivity index (χ3n) is 19.8. The molecule has 0 aromatic heterocycles. The number of aliphatic hydroxyl groups is 2. The predicted octanol–water partition coefficient (Wildman–Crippen LogP) is 28.6. The summed E-state index contributed by atoms with van der Waals surface area (Å²) >= 11 is 0. The fourth-order valence-electron chi connectivity index (χ4n) is 12.8. The molecule has 0 radical (unpaired) electrons. The summed E-state index contributed by atoms with van der Waals surface area (Å²) in [6.07, 6.45) is 111. The minimum Gasteiger partial charge on any atom is -0.463 e. The van der Waals surface area contributed by atoms with Crippen LogP contribution in [-0.4, -0.2) is 95.9 Å². The highest BCUT2D eigenvalue weighted by molar-refractivity contribution is 7.47. The summed E-state index contributed by atoms with van der Waals surface area (Å²) in [4.78, 5) is 59.0. The number of carbonyl (C=O) groups is 3. The number of phosphoric ester groups is 2. The lowest BCUT2D eigenvalue weighted by molar-refractivity contribution is -0.161. The molecule has 0 aliphatic carbocycles. The molecule has 0 heterocycles. The first-order valence-corrected chi connectivity index (χ1v) is 49.5. The average Bonchev–Trinajstić information content (AvgIpc) is 0.891. The SMILES string of the molecule is CC/C=C\C/C=C\C/C=C\CCCCCCCCCC(=O)OC(COC(=O)CCCCCCCCCCCCCCCCC/C=C\C/C=C\C/C=C\C/C=C\CCCCC)COP(=O)(O)OCC(O)COP(=O)(O)OCC(O)COC(=O)CCCCCCCCCCCCCCCCC/C=C\C/C=C\C/C=C\C/C=C\CCCCC. The average molecular weight is 1650 g/mol. The Morgan fingerprint density at radius 1 is 0.252 bits per heavy atom. The van der Waals surface area contributed by atoms with Gasteiger partial charge in [-0.3, -0.25) is 32.5 Å². The van der Waals surface area contributed by atoms with Crippen LogP contribution in [-0.2, 0) is 55.8 Å². The van der Waals surface area contributed by atoms with Gasteiger partial charge >= 0.3 is 33.6 Å². The number of carbonyl (C=O) groups excluding carboxylic acids is 3. The van der Waals surface area contributed by atoms with E-state index < -0.39 is 91.5 Å². The van der Waals surface area contributed by atoms with Gasteiger partial charge in [0.15, 0.2) is 6.10 Å². The monoisotopic (exact) mass is 1650 g/mol. The van der Waals surface area contributed by atoms with E-state index >= 15 is 0 Å². The summed E-state index contributed by atoms with van der Waals surface area (Å²) in [5, 5.41) is 20.7. The second-order valence-corrected chi connectivity index (χ2v) is 34.0. The molecule has 18 heteroatoms. The van der Waals surface area contributed by atoms with Crippen LogP contribution in [0.25, 0.3) is 0 Å². The molecule has 0 saturated heterocycles. The first-order chi connectivity index (χ1) is 56.2. The van der Waals surface area contributed by atoms with Gasteiger partial charge in [-0.25, -0.2) is 9.13 Å². The molecule has 115 heavy (non-hydrogen) atoms. The van der Waals surface area contributed by atoms with Crippen LogP contribution in [0.3, 0.4) is 0 Å². The number of phosphoric acid groups is 2. The summed E-state index contributed by atoms with van der Waals surface area (Å²) < 4.78 is 61.5. The number of unbranched alkanes of at least 4 members (excludes halogenated alkanes) is 43. The second-order valence-electron chi connectivity index (χ2n) is 31.1. The zero-order chi connectivity index (χ0) is 83.6. The Bertz CT molecular complexity index is 2620. The first-order valence-electron chi connectivity index (χ1n) is 46.5. The molecule has 0 aromatic rings. The van der Waals surface area contributed by atoms with Crippen LogP contribution in [0.15, 0.2) is 134 Å². The summed E-state index contributed by atoms with van der Waals surface area (Å²) in [7, 11) is -9.80. The number of hydrogen-bond donors (Lipinski definition) is 4. The van der Waals surface area contributed by atoms with Crippen molar-refractivity contribution in [3.05, 3.63) is 134 Å². The molecular weight excluding hydrogens is 1480 g/mol. The molecule has 0 bridgehead atoms. The van der Waals surface area contributed by atoms with Crippen LogP contribution in [0.4, 0.5) is 0 Å². The van der Waals surface area contributed by atoms with Crippen LogP contribution < -0.4 is 0 Å². The topological polar surface area (TPSA) is 231 Å². The molecule has 0 spiro atoms. The Morgan fingerprint density at radius 3 is 0.730 bits per heavy atom. The van der Waals surface area contributed by atoms with Gasteiger partial charge in [0, 0.05) is 19.3 Å². The van der Waals surface area contributed by atoms with Gasteiger partial charge < -0.3 is 34.2 Å². The molecule has 0 fully saturated rings. The normalized spacial score (nSPS) is 14.4. The third-order valence-corrected chi connectivity index (χ3v) is 21.7. The zero-order valence-electron chi connectivity index (χ0n) is 73.2. The van der Waals surface area contributed by atoms with Gasteiger partial charge in [-0.1, -0.05) is 379 Å². The predicted molar refractivity (Wildman–Crippen MR) is 482 cm³/mol. The Hall–Kier alpha value is -4.31. The molecule has 5 unspecified atom stereocenters. The van der Waals surface area contributed by atoms with E-state index in [-0.39, 0.29) is 19.3 Å². The molecular formula is C97H170O16P2.